The van der Waals surface area contributed by atoms with Crippen LogP contribution in [-0.2, 0) is 4.43 Å². The van der Waals surface area contributed by atoms with Crippen LogP contribution >= 0.6 is 0 Å². The molecule has 0 fully saturated rings. The molecule has 2 aromatic rings. The van der Waals surface area contributed by atoms with Crippen LogP contribution in [0.15, 0.2) is 72.8 Å². The Morgan fingerprint density at radius 3 is 1.81 bits per heavy atom. The van der Waals surface area contributed by atoms with Gasteiger partial charge >= 0.3 is 0 Å². The number of aliphatic hydroxyl groups excluding tert-OH is 1. The van der Waals surface area contributed by atoms with Crippen molar-refractivity contribution in [3.05, 3.63) is 72.8 Å². The second-order valence-electron chi connectivity index (χ2n) is 7.92. The highest BCUT2D eigenvalue weighted by molar-refractivity contribution is 6.99. The molecule has 0 aliphatic carbocycles. The maximum Gasteiger partial charge on any atom is 0.261 e. The minimum Gasteiger partial charge on any atom is -0.405 e. The predicted octanol–water partition coefficient (Wildman–Crippen LogP) is 4.28. The van der Waals surface area contributed by atoms with Crippen LogP contribution < -0.4 is 10.4 Å². The molecule has 3 heteroatoms. The SMILES string of the molecule is C/C=C\C(O)C[C@@H](C)O[Si](c1ccccc1)(c1ccccc1)C(C)(C)C. The summed E-state index contributed by atoms with van der Waals surface area (Å²) in [5.74, 6) is 0. The topological polar surface area (TPSA) is 29.5 Å². The fourth-order valence-electron chi connectivity index (χ4n) is 3.68. The zero-order valence-electron chi connectivity index (χ0n) is 16.6. The van der Waals surface area contributed by atoms with Gasteiger partial charge in [0.05, 0.1) is 6.10 Å². The Bertz CT molecular complexity index is 650. The molecule has 2 atom stereocenters. The lowest BCUT2D eigenvalue weighted by Crippen LogP contribution is -2.67. The lowest BCUT2D eigenvalue weighted by atomic mass is 10.2. The first-order chi connectivity index (χ1) is 12.3. The van der Waals surface area contributed by atoms with Crippen molar-refractivity contribution >= 4 is 18.7 Å². The van der Waals surface area contributed by atoms with Crippen molar-refractivity contribution in [2.75, 3.05) is 0 Å². The molecular formula is C23H32O2Si. The van der Waals surface area contributed by atoms with Gasteiger partial charge in [-0.2, -0.15) is 0 Å². The van der Waals surface area contributed by atoms with Gasteiger partial charge in [-0.3, -0.25) is 0 Å². The van der Waals surface area contributed by atoms with Crippen LogP contribution in [0.1, 0.15) is 41.0 Å². The molecule has 0 amide bonds. The minimum atomic E-state index is -2.54. The molecule has 0 aromatic heterocycles. The van der Waals surface area contributed by atoms with E-state index in [9.17, 15) is 5.11 Å². The molecule has 0 saturated heterocycles. The number of aliphatic hydroxyl groups is 1. The zero-order chi connectivity index (χ0) is 19.2. The molecule has 1 N–H and O–H groups in total. The third-order valence-corrected chi connectivity index (χ3v) is 9.94. The molecule has 0 heterocycles. The Hall–Kier alpha value is -1.68. The lowest BCUT2D eigenvalue weighted by molar-refractivity contribution is 0.125. The predicted molar refractivity (Wildman–Crippen MR) is 114 cm³/mol. The summed E-state index contributed by atoms with van der Waals surface area (Å²) in [7, 11) is -2.54. The summed E-state index contributed by atoms with van der Waals surface area (Å²) >= 11 is 0. The summed E-state index contributed by atoms with van der Waals surface area (Å²) in [5, 5.41) is 12.7. The van der Waals surface area contributed by atoms with Crippen LogP contribution in [0, 0.1) is 0 Å². The molecule has 0 bridgehead atoms. The monoisotopic (exact) mass is 368 g/mol. The summed E-state index contributed by atoms with van der Waals surface area (Å²) < 4.78 is 6.94. The van der Waals surface area contributed by atoms with E-state index in [-0.39, 0.29) is 11.1 Å². The van der Waals surface area contributed by atoms with Crippen LogP contribution in [0.3, 0.4) is 0 Å². The molecule has 2 aromatic carbocycles. The van der Waals surface area contributed by atoms with Crippen molar-refractivity contribution in [3.8, 4) is 0 Å². The van der Waals surface area contributed by atoms with Crippen LogP contribution in [-0.4, -0.2) is 25.6 Å². The number of hydrogen-bond acceptors (Lipinski definition) is 2. The first-order valence-corrected chi connectivity index (χ1v) is 11.3. The van der Waals surface area contributed by atoms with Crippen molar-refractivity contribution in [2.45, 2.75) is 58.3 Å². The van der Waals surface area contributed by atoms with E-state index in [4.69, 9.17) is 4.43 Å². The Morgan fingerprint density at radius 1 is 0.962 bits per heavy atom. The van der Waals surface area contributed by atoms with Crippen LogP contribution in [0.2, 0.25) is 5.04 Å². The highest BCUT2D eigenvalue weighted by atomic mass is 28.4. The van der Waals surface area contributed by atoms with Gasteiger partial charge in [0.1, 0.15) is 0 Å². The summed E-state index contributed by atoms with van der Waals surface area (Å²) in [6, 6.07) is 21.2. The van der Waals surface area contributed by atoms with Gasteiger partial charge in [-0.1, -0.05) is 93.6 Å². The van der Waals surface area contributed by atoms with Crippen molar-refractivity contribution in [1.82, 2.24) is 0 Å². The van der Waals surface area contributed by atoms with E-state index in [0.29, 0.717) is 6.42 Å². The third kappa shape index (κ3) is 4.53. The fourth-order valence-corrected chi connectivity index (χ4v) is 8.40. The van der Waals surface area contributed by atoms with E-state index in [2.05, 4.69) is 88.4 Å². The second kappa shape index (κ2) is 8.80. The zero-order valence-corrected chi connectivity index (χ0v) is 17.6. The molecule has 26 heavy (non-hydrogen) atoms. The smallest absolute Gasteiger partial charge is 0.261 e. The number of hydrogen-bond donors (Lipinski definition) is 1. The average Bonchev–Trinajstić information content (AvgIpc) is 2.60. The van der Waals surface area contributed by atoms with Crippen molar-refractivity contribution in [3.63, 3.8) is 0 Å². The number of rotatable bonds is 7. The van der Waals surface area contributed by atoms with Gasteiger partial charge in [0, 0.05) is 12.5 Å². The molecule has 0 aliphatic rings. The molecule has 0 spiro atoms. The van der Waals surface area contributed by atoms with E-state index in [1.54, 1.807) is 0 Å². The van der Waals surface area contributed by atoms with Crippen LogP contribution in [0.5, 0.6) is 0 Å². The van der Waals surface area contributed by atoms with E-state index in [0.717, 1.165) is 0 Å². The fraction of sp³-hybridized carbons (Fsp3) is 0.391. The molecule has 0 saturated carbocycles. The van der Waals surface area contributed by atoms with Crippen molar-refractivity contribution < 1.29 is 9.53 Å². The van der Waals surface area contributed by atoms with E-state index < -0.39 is 14.4 Å². The maximum atomic E-state index is 10.2. The highest BCUT2D eigenvalue weighted by Gasteiger charge is 2.50. The van der Waals surface area contributed by atoms with E-state index >= 15 is 0 Å². The molecule has 2 nitrogen and oxygen atoms in total. The Labute approximate surface area is 159 Å². The number of benzene rings is 2. The van der Waals surface area contributed by atoms with E-state index in [1.807, 2.05) is 19.1 Å². The highest BCUT2D eigenvalue weighted by Crippen LogP contribution is 2.37. The molecule has 1 unspecified atom stereocenters. The van der Waals surface area contributed by atoms with Crippen molar-refractivity contribution in [1.29, 1.82) is 0 Å². The molecule has 140 valence electrons. The van der Waals surface area contributed by atoms with Crippen molar-refractivity contribution in [2.24, 2.45) is 0 Å². The summed E-state index contributed by atoms with van der Waals surface area (Å²) in [6.07, 6.45) is 3.78. The van der Waals surface area contributed by atoms with Gasteiger partial charge in [-0.15, -0.1) is 0 Å². The molecule has 2 rings (SSSR count). The first-order valence-electron chi connectivity index (χ1n) is 9.41. The van der Waals surface area contributed by atoms with Gasteiger partial charge in [0.15, 0.2) is 0 Å². The number of allylic oxidation sites excluding steroid dienone is 1. The average molecular weight is 369 g/mol. The second-order valence-corrected chi connectivity index (χ2v) is 12.2. The van der Waals surface area contributed by atoms with Gasteiger partial charge in [-0.05, 0) is 29.3 Å². The minimum absolute atomic E-state index is 0.0461. The normalized spacial score (nSPS) is 15.2. The molecule has 0 radical (unpaired) electrons. The quantitative estimate of drug-likeness (QED) is 0.584. The van der Waals surface area contributed by atoms with Gasteiger partial charge < -0.3 is 9.53 Å². The molecular weight excluding hydrogens is 336 g/mol. The summed E-state index contributed by atoms with van der Waals surface area (Å²) in [5.41, 5.74) is 0. The Morgan fingerprint density at radius 2 is 1.42 bits per heavy atom. The first kappa shape index (κ1) is 20.6. The van der Waals surface area contributed by atoms with Crippen LogP contribution in [0.4, 0.5) is 0 Å². The third-order valence-electron chi connectivity index (χ3n) is 4.78. The summed E-state index contributed by atoms with van der Waals surface area (Å²) in [6.45, 7) is 10.8. The maximum absolute atomic E-state index is 10.2. The van der Waals surface area contributed by atoms with Gasteiger partial charge in [0.2, 0.25) is 0 Å². The van der Waals surface area contributed by atoms with Gasteiger partial charge in [-0.25, -0.2) is 0 Å². The lowest BCUT2D eigenvalue weighted by Gasteiger charge is -2.44. The molecule has 0 aliphatic heterocycles. The largest absolute Gasteiger partial charge is 0.405 e. The van der Waals surface area contributed by atoms with Gasteiger partial charge in [0.25, 0.3) is 8.32 Å². The summed E-state index contributed by atoms with van der Waals surface area (Å²) in [4.78, 5) is 0. The van der Waals surface area contributed by atoms with Crippen LogP contribution in [0.25, 0.3) is 0 Å². The van der Waals surface area contributed by atoms with E-state index in [1.165, 1.54) is 10.4 Å². The standard InChI is InChI=1S/C23H32O2Si/c1-6-13-20(24)18-19(2)25-26(23(3,4)5,21-14-9-7-10-15-21)22-16-11-8-12-17-22/h6-17,19-20,24H,18H2,1-5H3/b13-6-/t19-,20?/m1/s1. The Balaban J connectivity index is 2.54. The Kier molecular flexibility index (Phi) is 6.99.